The van der Waals surface area contributed by atoms with E-state index in [0.717, 1.165) is 0 Å². The molecule has 0 radical (unpaired) electrons. The highest BCUT2D eigenvalue weighted by molar-refractivity contribution is 5.76. The summed E-state index contributed by atoms with van der Waals surface area (Å²) in [4.78, 5) is 23.5. The molecule has 0 aliphatic rings. The first-order valence-corrected chi connectivity index (χ1v) is 3.95. The average Bonchev–Trinajstić information content (AvgIpc) is 2.01. The third-order valence-corrected chi connectivity index (χ3v) is 1.29. The SMILES string of the molecule is NC(=NCCCCC(=O)O)N[N+](=O)[O-]. The average molecular weight is 204 g/mol. The van der Waals surface area contributed by atoms with E-state index in [0.29, 0.717) is 12.8 Å². The van der Waals surface area contributed by atoms with Gasteiger partial charge in [-0.1, -0.05) is 5.43 Å². The van der Waals surface area contributed by atoms with Gasteiger partial charge in [0.2, 0.25) is 0 Å². The lowest BCUT2D eigenvalue weighted by Crippen LogP contribution is -2.36. The van der Waals surface area contributed by atoms with Crippen LogP contribution in [0.3, 0.4) is 0 Å². The van der Waals surface area contributed by atoms with Gasteiger partial charge in [0.25, 0.3) is 5.96 Å². The van der Waals surface area contributed by atoms with Crippen LogP contribution in [-0.4, -0.2) is 28.6 Å². The molecule has 0 aromatic carbocycles. The lowest BCUT2D eigenvalue weighted by molar-refractivity contribution is -0.525. The second-order valence-corrected chi connectivity index (χ2v) is 2.49. The number of guanidine groups is 1. The molecule has 0 amide bonds. The molecule has 0 aromatic heterocycles. The zero-order valence-corrected chi connectivity index (χ0v) is 7.47. The topological polar surface area (TPSA) is 131 Å². The first kappa shape index (κ1) is 12.1. The lowest BCUT2D eigenvalue weighted by atomic mass is 10.2. The third-order valence-electron chi connectivity index (χ3n) is 1.29. The Bertz CT molecular complexity index is 240. The van der Waals surface area contributed by atoms with Crippen LogP contribution in [-0.2, 0) is 4.79 Å². The van der Waals surface area contributed by atoms with Crippen molar-refractivity contribution in [2.75, 3.05) is 6.54 Å². The van der Waals surface area contributed by atoms with Gasteiger partial charge in [0, 0.05) is 13.0 Å². The van der Waals surface area contributed by atoms with E-state index in [2.05, 4.69) is 4.99 Å². The van der Waals surface area contributed by atoms with E-state index < -0.39 is 11.0 Å². The van der Waals surface area contributed by atoms with Crippen LogP contribution in [0.1, 0.15) is 19.3 Å². The highest BCUT2D eigenvalue weighted by atomic mass is 16.7. The number of hydrazine groups is 1. The number of aliphatic imine (C=N–C) groups is 1. The van der Waals surface area contributed by atoms with Gasteiger partial charge in [0.05, 0.1) is 0 Å². The van der Waals surface area contributed by atoms with Crippen LogP contribution in [0.2, 0.25) is 0 Å². The number of carboxylic acids is 1. The molecule has 0 rings (SSSR count). The van der Waals surface area contributed by atoms with Crippen LogP contribution < -0.4 is 11.2 Å². The molecule has 4 N–H and O–H groups in total. The molecule has 80 valence electrons. The van der Waals surface area contributed by atoms with Gasteiger partial charge in [-0.3, -0.25) is 4.79 Å². The predicted molar refractivity (Wildman–Crippen MR) is 48.1 cm³/mol. The number of nitrogens with two attached hydrogens (primary N) is 1. The molecule has 14 heavy (non-hydrogen) atoms. The van der Waals surface area contributed by atoms with E-state index in [9.17, 15) is 14.9 Å². The molecule has 0 saturated carbocycles. The normalized spacial score (nSPS) is 11.0. The Hall–Kier alpha value is -1.86. The van der Waals surface area contributed by atoms with Gasteiger partial charge in [-0.2, -0.15) is 0 Å². The second kappa shape index (κ2) is 6.63. The van der Waals surface area contributed by atoms with E-state index in [1.807, 2.05) is 0 Å². The van der Waals surface area contributed by atoms with Crippen molar-refractivity contribution in [1.29, 1.82) is 0 Å². The fourth-order valence-corrected chi connectivity index (χ4v) is 0.716. The minimum Gasteiger partial charge on any atom is -0.481 e. The quantitative estimate of drug-likeness (QED) is 0.173. The van der Waals surface area contributed by atoms with E-state index in [-0.39, 0.29) is 18.9 Å². The Morgan fingerprint density at radius 1 is 1.57 bits per heavy atom. The molecular formula is C6H12N4O4. The van der Waals surface area contributed by atoms with Crippen molar-refractivity contribution in [3.8, 4) is 0 Å². The zero-order chi connectivity index (χ0) is 11.0. The maximum atomic E-state index is 10.1. The number of nitro groups is 1. The van der Waals surface area contributed by atoms with Gasteiger partial charge in [-0.15, -0.1) is 0 Å². The fourth-order valence-electron chi connectivity index (χ4n) is 0.716. The van der Waals surface area contributed by atoms with Crippen molar-refractivity contribution in [3.63, 3.8) is 0 Å². The minimum absolute atomic E-state index is 0.0675. The van der Waals surface area contributed by atoms with Crippen molar-refractivity contribution in [2.24, 2.45) is 10.7 Å². The maximum Gasteiger partial charge on any atom is 0.303 e. The maximum absolute atomic E-state index is 10.1. The number of unbranched alkanes of at least 4 members (excludes halogenated alkanes) is 1. The number of rotatable bonds is 6. The van der Waals surface area contributed by atoms with E-state index >= 15 is 0 Å². The summed E-state index contributed by atoms with van der Waals surface area (Å²) in [5, 5.41) is 17.3. The Morgan fingerprint density at radius 2 is 2.21 bits per heavy atom. The van der Waals surface area contributed by atoms with Gasteiger partial charge in [-0.05, 0) is 12.8 Å². The molecule has 8 heteroatoms. The van der Waals surface area contributed by atoms with Crippen molar-refractivity contribution < 1.29 is 14.9 Å². The molecule has 0 fully saturated rings. The molecule has 0 bridgehead atoms. The summed E-state index contributed by atoms with van der Waals surface area (Å²) in [6, 6.07) is 0. The molecule has 8 nitrogen and oxygen atoms in total. The summed E-state index contributed by atoms with van der Waals surface area (Å²) in [6.45, 7) is 0.278. The molecule has 0 aliphatic carbocycles. The molecule has 0 aromatic rings. The molecule has 0 atom stereocenters. The van der Waals surface area contributed by atoms with Crippen molar-refractivity contribution in [3.05, 3.63) is 10.1 Å². The van der Waals surface area contributed by atoms with Gasteiger partial charge in [-0.25, -0.2) is 15.1 Å². The number of nitrogens with one attached hydrogen (secondary N) is 1. The van der Waals surface area contributed by atoms with Crippen LogP contribution in [0.5, 0.6) is 0 Å². The molecule has 0 spiro atoms. The van der Waals surface area contributed by atoms with Crippen molar-refractivity contribution in [1.82, 2.24) is 5.43 Å². The number of nitrogens with zero attached hydrogens (tertiary/aromatic N) is 2. The van der Waals surface area contributed by atoms with Crippen LogP contribution >= 0.6 is 0 Å². The summed E-state index contributed by atoms with van der Waals surface area (Å²) in [5.74, 6) is -1.14. The molecule has 0 heterocycles. The summed E-state index contributed by atoms with van der Waals surface area (Å²) in [5.41, 5.74) is 6.77. The summed E-state index contributed by atoms with van der Waals surface area (Å²) in [6.07, 6.45) is 1.08. The van der Waals surface area contributed by atoms with Gasteiger partial charge >= 0.3 is 5.97 Å². The zero-order valence-electron chi connectivity index (χ0n) is 7.47. The third kappa shape index (κ3) is 8.24. The van der Waals surface area contributed by atoms with Crippen LogP contribution in [0.15, 0.2) is 4.99 Å². The smallest absolute Gasteiger partial charge is 0.303 e. The predicted octanol–water partition coefficient (Wildman–Crippen LogP) is -0.663. The lowest BCUT2D eigenvalue weighted by Gasteiger charge is -1.96. The summed E-state index contributed by atoms with van der Waals surface area (Å²) in [7, 11) is 0. The fraction of sp³-hybridized carbons (Fsp3) is 0.667. The highest BCUT2D eigenvalue weighted by Gasteiger charge is 1.98. The van der Waals surface area contributed by atoms with Crippen LogP contribution in [0.25, 0.3) is 0 Å². The second-order valence-electron chi connectivity index (χ2n) is 2.49. The monoisotopic (exact) mass is 204 g/mol. The molecule has 0 unspecified atom stereocenters. The van der Waals surface area contributed by atoms with E-state index in [1.54, 1.807) is 5.43 Å². The van der Waals surface area contributed by atoms with Gasteiger partial charge in [0.15, 0.2) is 5.03 Å². The number of aliphatic carboxylic acids is 1. The van der Waals surface area contributed by atoms with Gasteiger partial charge < -0.3 is 10.8 Å². The van der Waals surface area contributed by atoms with Gasteiger partial charge in [0.1, 0.15) is 0 Å². The first-order valence-electron chi connectivity index (χ1n) is 3.95. The van der Waals surface area contributed by atoms with E-state index in [1.165, 1.54) is 0 Å². The first-order chi connectivity index (χ1) is 6.52. The van der Waals surface area contributed by atoms with Crippen molar-refractivity contribution in [2.45, 2.75) is 19.3 Å². The van der Waals surface area contributed by atoms with E-state index in [4.69, 9.17) is 10.8 Å². The summed E-state index contributed by atoms with van der Waals surface area (Å²) >= 11 is 0. The molecular weight excluding hydrogens is 192 g/mol. The minimum atomic E-state index is -0.870. The standard InChI is InChI=1S/C6H12N4O4/c7-6(9-10(13)14)8-4-2-1-3-5(11)12/h1-4H2,(H,11,12)(H3,7,8,9). The molecule has 0 saturated heterocycles. The summed E-state index contributed by atoms with van der Waals surface area (Å²) < 4.78 is 0. The Morgan fingerprint density at radius 3 is 2.71 bits per heavy atom. The number of hydrogen-bond donors (Lipinski definition) is 3. The van der Waals surface area contributed by atoms with Crippen LogP contribution in [0, 0.1) is 10.1 Å². The highest BCUT2D eigenvalue weighted by Crippen LogP contribution is 1.94. The largest absolute Gasteiger partial charge is 0.481 e. The number of carbonyl (C=O) groups is 1. The number of carboxylic acid groups (broad SMARTS) is 1. The Kier molecular flexibility index (Phi) is 5.75. The Labute approximate surface area is 79.9 Å². The molecule has 0 aliphatic heterocycles. The van der Waals surface area contributed by atoms with Crippen molar-refractivity contribution >= 4 is 11.9 Å². The Balaban J connectivity index is 3.50. The number of hydrogen-bond acceptors (Lipinski definition) is 4. The van der Waals surface area contributed by atoms with Crippen LogP contribution in [0.4, 0.5) is 0 Å².